The fraction of sp³-hybridized carbons (Fsp3) is 0.400. The summed E-state index contributed by atoms with van der Waals surface area (Å²) in [6, 6.07) is 0. The molecule has 0 saturated heterocycles. The van der Waals surface area contributed by atoms with Gasteiger partial charge in [-0.3, -0.25) is 0 Å². The summed E-state index contributed by atoms with van der Waals surface area (Å²) in [5, 5.41) is 21.5. The maximum Gasteiger partial charge on any atom is 0.180 e. The summed E-state index contributed by atoms with van der Waals surface area (Å²) in [5.41, 5.74) is 5.05. The van der Waals surface area contributed by atoms with E-state index in [2.05, 4.69) is 15.3 Å². The van der Waals surface area contributed by atoms with Crippen LogP contribution in [-0.4, -0.2) is 43.3 Å². The number of fused-ring (bicyclic) bond motifs is 1. The van der Waals surface area contributed by atoms with Gasteiger partial charge in [-0.1, -0.05) is 0 Å². The summed E-state index contributed by atoms with van der Waals surface area (Å²) in [5.74, 6) is 0.824. The van der Waals surface area contributed by atoms with E-state index in [0.717, 1.165) is 0 Å². The molecule has 17 heavy (non-hydrogen) atoms. The zero-order valence-corrected chi connectivity index (χ0v) is 9.46. The Labute approximate surface area is 97.9 Å². The predicted octanol–water partition coefficient (Wildman–Crippen LogP) is -0.533. The van der Waals surface area contributed by atoms with Crippen LogP contribution in [0.4, 0.5) is 11.6 Å². The van der Waals surface area contributed by atoms with Crippen LogP contribution in [0, 0.1) is 0 Å². The summed E-state index contributed by atoms with van der Waals surface area (Å²) in [4.78, 5) is 8.23. The van der Waals surface area contributed by atoms with E-state index in [4.69, 9.17) is 10.8 Å². The SMILES string of the molecule is CC(O)(CO)CNc1nc(N)cn2ccnc12. The molecule has 0 fully saturated rings. The Bertz CT molecular complexity index is 522. The number of hydrogen-bond acceptors (Lipinski definition) is 6. The molecular weight excluding hydrogens is 222 g/mol. The van der Waals surface area contributed by atoms with E-state index < -0.39 is 5.60 Å². The molecule has 0 aromatic carbocycles. The second-order valence-electron chi connectivity index (χ2n) is 4.18. The first-order valence-electron chi connectivity index (χ1n) is 5.18. The van der Waals surface area contributed by atoms with E-state index in [1.54, 1.807) is 23.0 Å². The third kappa shape index (κ3) is 2.45. The van der Waals surface area contributed by atoms with Crippen LogP contribution in [0.25, 0.3) is 5.65 Å². The quantitative estimate of drug-likeness (QED) is 0.569. The number of aliphatic hydroxyl groups is 2. The highest BCUT2D eigenvalue weighted by Gasteiger charge is 2.19. The average Bonchev–Trinajstić information content (AvgIpc) is 2.73. The number of rotatable bonds is 4. The van der Waals surface area contributed by atoms with E-state index >= 15 is 0 Å². The lowest BCUT2D eigenvalue weighted by Gasteiger charge is -2.21. The van der Waals surface area contributed by atoms with E-state index in [0.29, 0.717) is 17.3 Å². The summed E-state index contributed by atoms with van der Waals surface area (Å²) in [6.07, 6.45) is 5.03. The Morgan fingerprint density at radius 3 is 3.06 bits per heavy atom. The van der Waals surface area contributed by atoms with E-state index in [9.17, 15) is 5.11 Å². The van der Waals surface area contributed by atoms with Gasteiger partial charge >= 0.3 is 0 Å². The van der Waals surface area contributed by atoms with Gasteiger partial charge in [-0.25, -0.2) is 9.97 Å². The second kappa shape index (κ2) is 4.19. The number of nitrogens with one attached hydrogen (secondary N) is 1. The lowest BCUT2D eigenvalue weighted by molar-refractivity contribution is 0.0132. The van der Waals surface area contributed by atoms with Crippen LogP contribution in [0.1, 0.15) is 6.92 Å². The standard InChI is InChI=1S/C10H15N5O2/c1-10(17,6-16)5-13-8-9-12-2-3-15(9)4-7(11)14-8/h2-4,16-17H,5-6,11H2,1H3,(H,13,14). The van der Waals surface area contributed by atoms with E-state index in [-0.39, 0.29) is 13.2 Å². The monoisotopic (exact) mass is 237 g/mol. The summed E-state index contributed by atoms with van der Waals surface area (Å²) >= 11 is 0. The minimum atomic E-state index is -1.21. The predicted molar refractivity (Wildman–Crippen MR) is 63.6 cm³/mol. The first-order valence-corrected chi connectivity index (χ1v) is 5.18. The lowest BCUT2D eigenvalue weighted by Crippen LogP contribution is -2.37. The van der Waals surface area contributed by atoms with Gasteiger partial charge in [0.15, 0.2) is 11.5 Å². The van der Waals surface area contributed by atoms with Gasteiger partial charge in [0.2, 0.25) is 0 Å². The summed E-state index contributed by atoms with van der Waals surface area (Å²) in [7, 11) is 0. The molecule has 0 radical (unpaired) electrons. The molecule has 0 aliphatic heterocycles. The lowest BCUT2D eigenvalue weighted by atomic mass is 10.1. The van der Waals surface area contributed by atoms with Crippen molar-refractivity contribution in [2.75, 3.05) is 24.2 Å². The molecule has 0 bridgehead atoms. The normalized spacial score (nSPS) is 14.8. The molecule has 2 aromatic heterocycles. The van der Waals surface area contributed by atoms with Gasteiger partial charge in [0, 0.05) is 18.9 Å². The zero-order valence-electron chi connectivity index (χ0n) is 9.46. The summed E-state index contributed by atoms with van der Waals surface area (Å²) < 4.78 is 1.73. The Morgan fingerprint density at radius 2 is 2.35 bits per heavy atom. The molecule has 0 spiro atoms. The highest BCUT2D eigenvalue weighted by Crippen LogP contribution is 2.15. The van der Waals surface area contributed by atoms with Gasteiger partial charge in [0.05, 0.1) is 12.8 Å². The average molecular weight is 237 g/mol. The number of hydrogen-bond donors (Lipinski definition) is 4. The molecule has 0 aliphatic rings. The topological polar surface area (TPSA) is 109 Å². The molecule has 1 unspecified atom stereocenters. The Morgan fingerprint density at radius 1 is 1.59 bits per heavy atom. The first kappa shape index (κ1) is 11.6. The molecule has 7 heteroatoms. The van der Waals surface area contributed by atoms with Crippen LogP contribution in [0.5, 0.6) is 0 Å². The number of nitrogens with zero attached hydrogens (tertiary/aromatic N) is 3. The summed E-state index contributed by atoms with van der Waals surface area (Å²) in [6.45, 7) is 1.34. The fourth-order valence-electron chi connectivity index (χ4n) is 1.40. The third-order valence-corrected chi connectivity index (χ3v) is 2.37. The first-order chi connectivity index (χ1) is 8.02. The second-order valence-corrected chi connectivity index (χ2v) is 4.18. The van der Waals surface area contributed by atoms with Crippen LogP contribution in [0.15, 0.2) is 18.6 Å². The van der Waals surface area contributed by atoms with Crippen molar-refractivity contribution in [1.82, 2.24) is 14.4 Å². The smallest absolute Gasteiger partial charge is 0.180 e. The number of anilines is 2. The molecule has 2 heterocycles. The van der Waals surface area contributed by atoms with E-state index in [1.807, 2.05) is 0 Å². The van der Waals surface area contributed by atoms with Crippen molar-refractivity contribution in [3.63, 3.8) is 0 Å². The van der Waals surface area contributed by atoms with Crippen molar-refractivity contribution >= 4 is 17.3 Å². The number of aromatic nitrogens is 3. The third-order valence-electron chi connectivity index (χ3n) is 2.37. The molecule has 2 aromatic rings. The van der Waals surface area contributed by atoms with Gasteiger partial charge in [-0.2, -0.15) is 0 Å². The Balaban J connectivity index is 2.26. The highest BCUT2D eigenvalue weighted by atomic mass is 16.3. The molecule has 5 N–H and O–H groups in total. The molecule has 2 rings (SSSR count). The zero-order chi connectivity index (χ0) is 12.5. The molecule has 92 valence electrons. The van der Waals surface area contributed by atoms with Crippen molar-refractivity contribution in [2.45, 2.75) is 12.5 Å². The molecular formula is C10H15N5O2. The molecule has 1 atom stereocenters. The van der Waals surface area contributed by atoms with Crippen LogP contribution in [0.2, 0.25) is 0 Å². The van der Waals surface area contributed by atoms with Gasteiger partial charge < -0.3 is 25.7 Å². The Hall–Kier alpha value is -1.86. The van der Waals surface area contributed by atoms with Crippen molar-refractivity contribution < 1.29 is 10.2 Å². The van der Waals surface area contributed by atoms with Crippen LogP contribution < -0.4 is 11.1 Å². The van der Waals surface area contributed by atoms with Crippen molar-refractivity contribution in [3.8, 4) is 0 Å². The molecule has 0 aliphatic carbocycles. The maximum absolute atomic E-state index is 9.68. The number of nitrogen functional groups attached to an aromatic ring is 1. The van der Waals surface area contributed by atoms with Gasteiger partial charge in [0.1, 0.15) is 11.4 Å². The largest absolute Gasteiger partial charge is 0.393 e. The highest BCUT2D eigenvalue weighted by molar-refractivity contribution is 5.64. The maximum atomic E-state index is 9.68. The minimum absolute atomic E-state index is 0.155. The number of nitrogens with two attached hydrogens (primary N) is 1. The van der Waals surface area contributed by atoms with Gasteiger partial charge in [-0.15, -0.1) is 0 Å². The number of imidazole rings is 1. The van der Waals surface area contributed by atoms with Gasteiger partial charge in [0.25, 0.3) is 0 Å². The van der Waals surface area contributed by atoms with Crippen LogP contribution in [-0.2, 0) is 0 Å². The van der Waals surface area contributed by atoms with Crippen LogP contribution in [0.3, 0.4) is 0 Å². The fourth-order valence-corrected chi connectivity index (χ4v) is 1.40. The minimum Gasteiger partial charge on any atom is -0.393 e. The Kier molecular flexibility index (Phi) is 2.86. The molecule has 0 amide bonds. The van der Waals surface area contributed by atoms with Crippen molar-refractivity contribution in [2.24, 2.45) is 0 Å². The van der Waals surface area contributed by atoms with Crippen molar-refractivity contribution in [1.29, 1.82) is 0 Å². The molecule has 7 nitrogen and oxygen atoms in total. The van der Waals surface area contributed by atoms with Gasteiger partial charge in [-0.05, 0) is 6.92 Å². The number of aliphatic hydroxyl groups excluding tert-OH is 1. The van der Waals surface area contributed by atoms with Crippen molar-refractivity contribution in [3.05, 3.63) is 18.6 Å². The van der Waals surface area contributed by atoms with Crippen LogP contribution >= 0.6 is 0 Å². The van der Waals surface area contributed by atoms with E-state index in [1.165, 1.54) is 6.92 Å². The molecule has 0 saturated carbocycles.